The number of hydrogen-bond acceptors (Lipinski definition) is 3. The number of hydrazone groups is 1. The Morgan fingerprint density at radius 2 is 1.82 bits per heavy atom. The number of rotatable bonds is 4. The molecule has 0 saturated heterocycles. The summed E-state index contributed by atoms with van der Waals surface area (Å²) in [5.41, 5.74) is 4.15. The number of carbonyl (C=O) groups excluding carboxylic acids is 1. The summed E-state index contributed by atoms with van der Waals surface area (Å²) in [6.07, 6.45) is 1.78. The van der Waals surface area contributed by atoms with Gasteiger partial charge in [0.25, 0.3) is 0 Å². The van der Waals surface area contributed by atoms with Crippen molar-refractivity contribution >= 4 is 68.9 Å². The molecule has 4 nitrogen and oxygen atoms in total. The van der Waals surface area contributed by atoms with E-state index in [2.05, 4.69) is 10.5 Å². The van der Waals surface area contributed by atoms with Gasteiger partial charge in [0.2, 0.25) is 5.91 Å². The van der Waals surface area contributed by atoms with E-state index in [-0.39, 0.29) is 18.1 Å². The van der Waals surface area contributed by atoms with Crippen LogP contribution in [-0.4, -0.2) is 17.2 Å². The number of benzene rings is 2. The number of amides is 1. The van der Waals surface area contributed by atoms with Crippen LogP contribution in [0.25, 0.3) is 0 Å². The second kappa shape index (κ2) is 8.11. The van der Waals surface area contributed by atoms with Crippen LogP contribution in [0.5, 0.6) is 5.75 Å². The second-order valence-corrected chi connectivity index (χ2v) is 7.19. The Hall–Kier alpha value is -0.870. The van der Waals surface area contributed by atoms with Crippen LogP contribution in [0.15, 0.2) is 41.5 Å². The molecule has 0 bridgehead atoms. The van der Waals surface area contributed by atoms with Gasteiger partial charge >= 0.3 is 0 Å². The molecule has 0 unspecified atom stereocenters. The minimum atomic E-state index is -0.207. The monoisotopic (exact) mass is 540 g/mol. The molecule has 7 heteroatoms. The molecule has 0 heterocycles. The molecular formula is C15H11ClI2N2O2. The van der Waals surface area contributed by atoms with Gasteiger partial charge in [-0.1, -0.05) is 23.7 Å². The van der Waals surface area contributed by atoms with Crippen molar-refractivity contribution in [3.8, 4) is 5.75 Å². The summed E-state index contributed by atoms with van der Waals surface area (Å²) >= 11 is 9.88. The fourth-order valence-corrected chi connectivity index (χ4v) is 3.61. The summed E-state index contributed by atoms with van der Waals surface area (Å²) in [6.45, 7) is 0. The molecular weight excluding hydrogens is 529 g/mol. The predicted octanol–water partition coefficient (Wildman–Crippen LogP) is 3.95. The number of hydrogen-bond donors (Lipinski definition) is 2. The molecule has 0 atom stereocenters. The first-order valence-corrected chi connectivity index (χ1v) is 8.73. The molecule has 0 radical (unpaired) electrons. The van der Waals surface area contributed by atoms with Crippen molar-refractivity contribution < 1.29 is 9.90 Å². The topological polar surface area (TPSA) is 61.7 Å². The number of carbonyl (C=O) groups is 1. The summed E-state index contributed by atoms with van der Waals surface area (Å²) in [7, 11) is 0. The molecule has 2 rings (SSSR count). The maximum atomic E-state index is 11.8. The largest absolute Gasteiger partial charge is 0.506 e. The zero-order valence-corrected chi connectivity index (χ0v) is 16.3. The van der Waals surface area contributed by atoms with Crippen molar-refractivity contribution in [1.82, 2.24) is 5.43 Å². The van der Waals surface area contributed by atoms with E-state index in [0.29, 0.717) is 5.02 Å². The Balaban J connectivity index is 1.94. The van der Waals surface area contributed by atoms with E-state index in [9.17, 15) is 9.90 Å². The number of aromatic hydroxyl groups is 1. The van der Waals surface area contributed by atoms with E-state index in [1.54, 1.807) is 42.6 Å². The maximum Gasteiger partial charge on any atom is 0.244 e. The Labute approximate surface area is 160 Å². The quantitative estimate of drug-likeness (QED) is 0.351. The molecule has 0 aromatic heterocycles. The average molecular weight is 541 g/mol. The molecule has 0 aliphatic heterocycles. The van der Waals surface area contributed by atoms with E-state index in [4.69, 9.17) is 11.6 Å². The number of nitrogens with zero attached hydrogens (tertiary/aromatic N) is 1. The first-order chi connectivity index (χ1) is 10.5. The normalized spacial score (nSPS) is 10.9. The van der Waals surface area contributed by atoms with Gasteiger partial charge in [0.05, 0.1) is 19.8 Å². The molecule has 114 valence electrons. The van der Waals surface area contributed by atoms with Gasteiger partial charge in [-0.3, -0.25) is 4.79 Å². The number of phenols is 1. The molecule has 0 saturated carbocycles. The first-order valence-electron chi connectivity index (χ1n) is 6.20. The Kier molecular flexibility index (Phi) is 6.45. The molecule has 0 aliphatic rings. The lowest BCUT2D eigenvalue weighted by Crippen LogP contribution is -2.19. The number of halogens is 3. The molecule has 0 fully saturated rings. The van der Waals surface area contributed by atoms with Crippen LogP contribution in [0.4, 0.5) is 0 Å². The third-order valence-electron chi connectivity index (χ3n) is 2.72. The fourth-order valence-electron chi connectivity index (χ4n) is 1.67. The van der Waals surface area contributed by atoms with Crippen molar-refractivity contribution in [3.05, 3.63) is 59.7 Å². The Morgan fingerprint density at radius 1 is 1.23 bits per heavy atom. The van der Waals surface area contributed by atoms with Crippen LogP contribution in [0.3, 0.4) is 0 Å². The predicted molar refractivity (Wildman–Crippen MR) is 104 cm³/mol. The lowest BCUT2D eigenvalue weighted by Gasteiger charge is -2.03. The van der Waals surface area contributed by atoms with E-state index < -0.39 is 0 Å². The minimum Gasteiger partial charge on any atom is -0.506 e. The maximum absolute atomic E-state index is 11.8. The van der Waals surface area contributed by atoms with Crippen LogP contribution in [-0.2, 0) is 11.2 Å². The first kappa shape index (κ1) is 17.5. The summed E-state index contributed by atoms with van der Waals surface area (Å²) in [6, 6.07) is 10.7. The van der Waals surface area contributed by atoms with E-state index in [0.717, 1.165) is 18.3 Å². The van der Waals surface area contributed by atoms with Crippen molar-refractivity contribution in [3.63, 3.8) is 0 Å². The molecule has 2 aromatic rings. The summed E-state index contributed by atoms with van der Waals surface area (Å²) in [5, 5.41) is 14.3. The SMILES string of the molecule is O=C(Cc1ccc(Cl)cc1)N/N=C/c1cc(I)c(O)c(I)c1. The van der Waals surface area contributed by atoms with Gasteiger partial charge in [0.1, 0.15) is 5.75 Å². The molecule has 0 spiro atoms. The van der Waals surface area contributed by atoms with Crippen molar-refractivity contribution in [2.45, 2.75) is 6.42 Å². The van der Waals surface area contributed by atoms with Crippen LogP contribution < -0.4 is 5.43 Å². The highest BCUT2D eigenvalue weighted by molar-refractivity contribution is 14.1. The fraction of sp³-hybridized carbons (Fsp3) is 0.0667. The van der Waals surface area contributed by atoms with Crippen LogP contribution in [0, 0.1) is 7.14 Å². The van der Waals surface area contributed by atoms with Crippen LogP contribution in [0.2, 0.25) is 5.02 Å². The van der Waals surface area contributed by atoms with Gasteiger partial charge in [-0.05, 0) is 80.6 Å². The molecule has 0 aliphatic carbocycles. The summed E-state index contributed by atoms with van der Waals surface area (Å²) in [5.74, 6) is 0.0480. The zero-order valence-electron chi connectivity index (χ0n) is 11.2. The smallest absolute Gasteiger partial charge is 0.244 e. The number of phenolic OH excluding ortho intramolecular Hbond substituents is 1. The molecule has 2 N–H and O–H groups in total. The van der Waals surface area contributed by atoms with E-state index >= 15 is 0 Å². The summed E-state index contributed by atoms with van der Waals surface area (Å²) < 4.78 is 1.47. The van der Waals surface area contributed by atoms with E-state index in [1.807, 2.05) is 45.2 Å². The van der Waals surface area contributed by atoms with Crippen molar-refractivity contribution in [2.75, 3.05) is 0 Å². The molecule has 2 aromatic carbocycles. The average Bonchev–Trinajstić information content (AvgIpc) is 2.47. The van der Waals surface area contributed by atoms with Gasteiger partial charge in [0.15, 0.2) is 0 Å². The van der Waals surface area contributed by atoms with Crippen molar-refractivity contribution in [2.24, 2.45) is 5.10 Å². The second-order valence-electron chi connectivity index (χ2n) is 4.43. The van der Waals surface area contributed by atoms with Gasteiger partial charge in [0, 0.05) is 5.02 Å². The minimum absolute atomic E-state index is 0.207. The third-order valence-corrected chi connectivity index (χ3v) is 4.62. The Bertz CT molecular complexity index is 695. The van der Waals surface area contributed by atoms with E-state index in [1.165, 1.54) is 0 Å². The van der Waals surface area contributed by atoms with Gasteiger partial charge in [-0.25, -0.2) is 5.43 Å². The third kappa shape index (κ3) is 5.10. The highest BCUT2D eigenvalue weighted by Gasteiger charge is 2.05. The standard InChI is InChI=1S/C15H11ClI2N2O2/c16-11-3-1-9(2-4-11)7-14(21)20-19-8-10-5-12(17)15(22)13(18)6-10/h1-6,8,22H,7H2,(H,20,21)/b19-8+. The van der Waals surface area contributed by atoms with Gasteiger partial charge in [-0.2, -0.15) is 5.10 Å². The lowest BCUT2D eigenvalue weighted by molar-refractivity contribution is -0.120. The molecule has 1 amide bonds. The number of nitrogens with one attached hydrogen (secondary N) is 1. The highest BCUT2D eigenvalue weighted by atomic mass is 127. The summed E-state index contributed by atoms with van der Waals surface area (Å²) in [4.78, 5) is 11.8. The van der Waals surface area contributed by atoms with Crippen LogP contribution in [0.1, 0.15) is 11.1 Å². The highest BCUT2D eigenvalue weighted by Crippen LogP contribution is 2.26. The zero-order chi connectivity index (χ0) is 16.1. The molecule has 22 heavy (non-hydrogen) atoms. The van der Waals surface area contributed by atoms with Gasteiger partial charge < -0.3 is 5.11 Å². The van der Waals surface area contributed by atoms with Crippen LogP contribution >= 0.6 is 56.8 Å². The van der Waals surface area contributed by atoms with Gasteiger partial charge in [-0.15, -0.1) is 0 Å². The Morgan fingerprint density at radius 3 is 2.41 bits per heavy atom. The van der Waals surface area contributed by atoms with Crippen molar-refractivity contribution in [1.29, 1.82) is 0 Å². The lowest BCUT2D eigenvalue weighted by atomic mass is 10.1.